The SMILES string of the molecule is C[C@]12[C@@H]3C=C[C@]4(C)C[C@]3(CC[C@@H]1[C@@](C)(C(=O)O)CC[C@@H]2O)C[C@@]4(C)O. The monoisotopic (exact) mass is 348 g/mol. The maximum Gasteiger partial charge on any atom is 0.309 e. The number of hydrogen-bond acceptors (Lipinski definition) is 3. The standard InChI is InChI=1S/C21H32O4/c1-17-8-5-14-20(4)13(18(2,16(23)24)9-7-15(20)22)6-10-21(14,11-17)12-19(17,3)25/h5,8,13-15,22,25H,6-7,9-12H2,1-4H3,(H,23,24)/t13-,14+,15+,17-,18+,19-,20-,21-/m1/s1. The van der Waals surface area contributed by atoms with Gasteiger partial charge in [0.2, 0.25) is 0 Å². The summed E-state index contributed by atoms with van der Waals surface area (Å²) in [4.78, 5) is 12.1. The highest BCUT2D eigenvalue weighted by atomic mass is 16.4. The van der Waals surface area contributed by atoms with Gasteiger partial charge in [0.25, 0.3) is 0 Å². The third kappa shape index (κ3) is 1.88. The Bertz CT molecular complexity index is 654. The summed E-state index contributed by atoms with van der Waals surface area (Å²) >= 11 is 0. The van der Waals surface area contributed by atoms with Crippen LogP contribution >= 0.6 is 0 Å². The van der Waals surface area contributed by atoms with Gasteiger partial charge in [-0.25, -0.2) is 0 Å². The van der Waals surface area contributed by atoms with Gasteiger partial charge in [-0.05, 0) is 69.6 Å². The van der Waals surface area contributed by atoms with Crippen molar-refractivity contribution in [1.29, 1.82) is 0 Å². The number of hydrogen-bond donors (Lipinski definition) is 3. The van der Waals surface area contributed by atoms with Crippen LogP contribution in [0.1, 0.15) is 66.2 Å². The zero-order chi connectivity index (χ0) is 18.5. The zero-order valence-corrected chi connectivity index (χ0v) is 15.9. The molecule has 0 amide bonds. The lowest BCUT2D eigenvalue weighted by molar-refractivity contribution is -0.199. The van der Waals surface area contributed by atoms with Crippen LogP contribution in [-0.2, 0) is 4.79 Å². The third-order valence-electron chi connectivity index (χ3n) is 9.23. The van der Waals surface area contributed by atoms with Crippen LogP contribution in [0.4, 0.5) is 0 Å². The summed E-state index contributed by atoms with van der Waals surface area (Å²) < 4.78 is 0. The lowest BCUT2D eigenvalue weighted by Crippen LogP contribution is -2.62. The minimum Gasteiger partial charge on any atom is -0.481 e. The highest BCUT2D eigenvalue weighted by molar-refractivity contribution is 5.75. The van der Waals surface area contributed by atoms with Gasteiger partial charge in [-0.2, -0.15) is 0 Å². The van der Waals surface area contributed by atoms with Crippen LogP contribution in [-0.4, -0.2) is 33.0 Å². The second-order valence-corrected chi connectivity index (χ2v) is 10.5. The van der Waals surface area contributed by atoms with Gasteiger partial charge in [-0.1, -0.05) is 26.0 Å². The molecule has 4 rings (SSSR count). The van der Waals surface area contributed by atoms with Gasteiger partial charge in [-0.3, -0.25) is 4.79 Å². The van der Waals surface area contributed by atoms with Crippen molar-refractivity contribution in [3.8, 4) is 0 Å². The van der Waals surface area contributed by atoms with Gasteiger partial charge < -0.3 is 15.3 Å². The number of aliphatic hydroxyl groups excluding tert-OH is 1. The summed E-state index contributed by atoms with van der Waals surface area (Å²) in [5, 5.41) is 32.1. The maximum atomic E-state index is 12.1. The van der Waals surface area contributed by atoms with Crippen molar-refractivity contribution in [2.24, 2.45) is 33.5 Å². The van der Waals surface area contributed by atoms with Crippen molar-refractivity contribution in [2.75, 3.05) is 0 Å². The predicted molar refractivity (Wildman–Crippen MR) is 94.8 cm³/mol. The molecule has 0 unspecified atom stereocenters. The lowest BCUT2D eigenvalue weighted by Gasteiger charge is -2.63. The molecular formula is C21H32O4. The van der Waals surface area contributed by atoms with Crippen LogP contribution in [0.25, 0.3) is 0 Å². The van der Waals surface area contributed by atoms with Crippen LogP contribution in [0.3, 0.4) is 0 Å². The molecule has 8 atom stereocenters. The molecule has 3 N–H and O–H groups in total. The molecule has 0 aromatic carbocycles. The molecule has 4 aliphatic carbocycles. The quantitative estimate of drug-likeness (QED) is 0.635. The molecule has 0 saturated heterocycles. The Morgan fingerprint density at radius 3 is 2.40 bits per heavy atom. The minimum absolute atomic E-state index is 0.0179. The average Bonchev–Trinajstić information content (AvgIpc) is 2.64. The molecule has 3 fully saturated rings. The summed E-state index contributed by atoms with van der Waals surface area (Å²) in [5.41, 5.74) is -2.19. The van der Waals surface area contributed by atoms with E-state index >= 15 is 0 Å². The highest BCUT2D eigenvalue weighted by Gasteiger charge is 2.70. The lowest BCUT2D eigenvalue weighted by atomic mass is 9.40. The number of carbonyl (C=O) groups is 1. The average molecular weight is 348 g/mol. The maximum absolute atomic E-state index is 12.1. The topological polar surface area (TPSA) is 77.8 Å². The summed E-state index contributed by atoms with van der Waals surface area (Å²) in [6.07, 6.45) is 8.46. The number of rotatable bonds is 1. The molecule has 0 aromatic rings. The Labute approximate surface area is 150 Å². The van der Waals surface area contributed by atoms with Crippen molar-refractivity contribution in [3.63, 3.8) is 0 Å². The van der Waals surface area contributed by atoms with Crippen molar-refractivity contribution >= 4 is 5.97 Å². The summed E-state index contributed by atoms with van der Waals surface area (Å²) in [6, 6.07) is 0. The zero-order valence-electron chi connectivity index (χ0n) is 15.9. The Hall–Kier alpha value is -0.870. The van der Waals surface area contributed by atoms with Gasteiger partial charge in [0, 0.05) is 10.8 Å². The molecule has 3 saturated carbocycles. The smallest absolute Gasteiger partial charge is 0.309 e. The van der Waals surface area contributed by atoms with E-state index in [1.165, 1.54) is 0 Å². The Morgan fingerprint density at radius 2 is 1.76 bits per heavy atom. The molecule has 1 spiro atoms. The first-order valence-electron chi connectivity index (χ1n) is 9.75. The molecule has 25 heavy (non-hydrogen) atoms. The molecule has 0 aromatic heterocycles. The number of aliphatic carboxylic acids is 1. The van der Waals surface area contributed by atoms with E-state index in [1.807, 2.05) is 13.8 Å². The highest BCUT2D eigenvalue weighted by Crippen LogP contribution is 2.73. The van der Waals surface area contributed by atoms with Crippen LogP contribution in [0.15, 0.2) is 12.2 Å². The van der Waals surface area contributed by atoms with Crippen LogP contribution < -0.4 is 0 Å². The number of allylic oxidation sites excluding steroid dienone is 1. The predicted octanol–water partition coefficient (Wildman–Crippen LogP) is 3.37. The first-order valence-corrected chi connectivity index (χ1v) is 9.75. The molecule has 4 nitrogen and oxygen atoms in total. The molecule has 4 aliphatic rings. The normalized spacial score (nSPS) is 60.0. The van der Waals surface area contributed by atoms with Gasteiger partial charge in [0.15, 0.2) is 0 Å². The van der Waals surface area contributed by atoms with E-state index in [-0.39, 0.29) is 22.7 Å². The number of carboxylic acid groups (broad SMARTS) is 1. The van der Waals surface area contributed by atoms with Crippen LogP contribution in [0.5, 0.6) is 0 Å². The first-order chi connectivity index (χ1) is 11.4. The Balaban J connectivity index is 1.84. The molecule has 0 heterocycles. The van der Waals surface area contributed by atoms with E-state index in [0.717, 1.165) is 25.7 Å². The van der Waals surface area contributed by atoms with E-state index in [9.17, 15) is 20.1 Å². The van der Waals surface area contributed by atoms with Gasteiger partial charge >= 0.3 is 5.97 Å². The molecule has 0 aliphatic heterocycles. The number of fused-ring (bicyclic) bond motifs is 3. The van der Waals surface area contributed by atoms with Crippen molar-refractivity contribution in [2.45, 2.75) is 77.9 Å². The van der Waals surface area contributed by atoms with E-state index in [0.29, 0.717) is 12.8 Å². The largest absolute Gasteiger partial charge is 0.481 e. The van der Waals surface area contributed by atoms with E-state index in [1.54, 1.807) is 0 Å². The summed E-state index contributed by atoms with van der Waals surface area (Å²) in [5.74, 6) is -0.624. The first kappa shape index (κ1) is 17.5. The Kier molecular flexibility index (Phi) is 3.29. The molecule has 4 heteroatoms. The third-order valence-corrected chi connectivity index (χ3v) is 9.23. The van der Waals surface area contributed by atoms with Crippen LogP contribution in [0.2, 0.25) is 0 Å². The fourth-order valence-electron chi connectivity index (χ4n) is 7.62. The van der Waals surface area contributed by atoms with Crippen molar-refractivity contribution < 1.29 is 20.1 Å². The fourth-order valence-corrected chi connectivity index (χ4v) is 7.62. The van der Waals surface area contributed by atoms with Gasteiger partial charge in [-0.15, -0.1) is 0 Å². The number of carboxylic acids is 1. The molecule has 140 valence electrons. The van der Waals surface area contributed by atoms with Gasteiger partial charge in [0.1, 0.15) is 0 Å². The fraction of sp³-hybridized carbons (Fsp3) is 0.857. The van der Waals surface area contributed by atoms with E-state index < -0.39 is 28.5 Å². The molecule has 2 bridgehead atoms. The van der Waals surface area contributed by atoms with E-state index in [4.69, 9.17) is 0 Å². The molecule has 0 radical (unpaired) electrons. The summed E-state index contributed by atoms with van der Waals surface area (Å²) in [7, 11) is 0. The second-order valence-electron chi connectivity index (χ2n) is 10.5. The molecular weight excluding hydrogens is 316 g/mol. The van der Waals surface area contributed by atoms with Crippen molar-refractivity contribution in [3.05, 3.63) is 12.2 Å². The Morgan fingerprint density at radius 1 is 1.08 bits per heavy atom. The second kappa shape index (κ2) is 4.69. The minimum atomic E-state index is -0.773. The van der Waals surface area contributed by atoms with Crippen LogP contribution in [0, 0.1) is 33.5 Å². The van der Waals surface area contributed by atoms with Crippen molar-refractivity contribution in [1.82, 2.24) is 0 Å². The number of aliphatic hydroxyl groups is 2. The van der Waals surface area contributed by atoms with Gasteiger partial charge in [0.05, 0.1) is 17.1 Å². The summed E-state index contributed by atoms with van der Waals surface area (Å²) in [6.45, 7) is 8.08. The van der Waals surface area contributed by atoms with E-state index in [2.05, 4.69) is 26.0 Å².